The Bertz CT molecular complexity index is 419. The Balaban J connectivity index is 2.18. The number of rotatable bonds is 4. The lowest BCUT2D eigenvalue weighted by atomic mass is 9.76. The molecule has 1 N–H and O–H groups in total. The normalized spacial score (nSPS) is 25.1. The molecule has 1 aromatic carbocycles. The van der Waals surface area contributed by atoms with Gasteiger partial charge in [0.15, 0.2) is 0 Å². The molecule has 0 spiro atoms. The van der Waals surface area contributed by atoms with E-state index >= 15 is 0 Å². The van der Waals surface area contributed by atoms with E-state index in [9.17, 15) is 9.50 Å². The van der Waals surface area contributed by atoms with Crippen molar-refractivity contribution in [1.29, 1.82) is 0 Å². The van der Waals surface area contributed by atoms with E-state index in [-0.39, 0.29) is 11.7 Å². The molecule has 1 aliphatic carbocycles. The van der Waals surface area contributed by atoms with Crippen molar-refractivity contribution in [2.24, 2.45) is 11.8 Å². The number of hydrogen-bond acceptors (Lipinski definition) is 2. The smallest absolute Gasteiger partial charge is 0.124 e. The minimum Gasteiger partial charge on any atom is -0.496 e. The van der Waals surface area contributed by atoms with Gasteiger partial charge in [0.05, 0.1) is 13.2 Å². The molecule has 0 aromatic heterocycles. The maximum absolute atomic E-state index is 13.4. The molecular formula is C16H23FO2. The molecule has 106 valence electrons. The summed E-state index contributed by atoms with van der Waals surface area (Å²) in [7, 11) is 1.55. The fourth-order valence-corrected chi connectivity index (χ4v) is 3.18. The SMILES string of the molecule is CCC1CCCC(C(O)c2cc(F)ccc2OC)C1. The number of ether oxygens (including phenoxy) is 1. The summed E-state index contributed by atoms with van der Waals surface area (Å²) >= 11 is 0. The van der Waals surface area contributed by atoms with Gasteiger partial charge in [0.1, 0.15) is 11.6 Å². The molecule has 2 nitrogen and oxygen atoms in total. The van der Waals surface area contributed by atoms with Crippen LogP contribution >= 0.6 is 0 Å². The first-order valence-corrected chi connectivity index (χ1v) is 7.17. The molecular weight excluding hydrogens is 243 g/mol. The van der Waals surface area contributed by atoms with Crippen molar-refractivity contribution in [3.63, 3.8) is 0 Å². The monoisotopic (exact) mass is 266 g/mol. The summed E-state index contributed by atoms with van der Waals surface area (Å²) in [5.41, 5.74) is 0.587. The highest BCUT2D eigenvalue weighted by molar-refractivity contribution is 5.36. The predicted molar refractivity (Wildman–Crippen MR) is 73.7 cm³/mol. The average molecular weight is 266 g/mol. The maximum atomic E-state index is 13.4. The largest absolute Gasteiger partial charge is 0.496 e. The predicted octanol–water partition coefficient (Wildman–Crippen LogP) is 4.08. The van der Waals surface area contributed by atoms with Crippen molar-refractivity contribution in [2.45, 2.75) is 45.1 Å². The number of hydrogen-bond donors (Lipinski definition) is 1. The summed E-state index contributed by atoms with van der Waals surface area (Å²) in [4.78, 5) is 0. The number of benzene rings is 1. The van der Waals surface area contributed by atoms with Gasteiger partial charge in [-0.1, -0.05) is 26.2 Å². The van der Waals surface area contributed by atoms with Gasteiger partial charge >= 0.3 is 0 Å². The molecule has 0 aliphatic heterocycles. The van der Waals surface area contributed by atoms with Gasteiger partial charge in [-0.15, -0.1) is 0 Å². The number of aliphatic hydroxyl groups is 1. The standard InChI is InChI=1S/C16H23FO2/c1-3-11-5-4-6-12(9-11)16(18)14-10-13(17)7-8-15(14)19-2/h7-8,10-12,16,18H,3-6,9H2,1-2H3. The van der Waals surface area contributed by atoms with Crippen molar-refractivity contribution in [2.75, 3.05) is 7.11 Å². The van der Waals surface area contributed by atoms with Crippen LogP contribution in [0.1, 0.15) is 50.7 Å². The first-order valence-electron chi connectivity index (χ1n) is 7.17. The Kier molecular flexibility index (Phi) is 4.81. The number of aliphatic hydroxyl groups excluding tert-OH is 1. The van der Waals surface area contributed by atoms with Crippen LogP contribution in [0.25, 0.3) is 0 Å². The van der Waals surface area contributed by atoms with Crippen LogP contribution < -0.4 is 4.74 Å². The van der Waals surface area contributed by atoms with Crippen LogP contribution in [0.5, 0.6) is 5.75 Å². The van der Waals surface area contributed by atoms with Crippen LogP contribution in [-0.4, -0.2) is 12.2 Å². The second kappa shape index (κ2) is 6.38. The van der Waals surface area contributed by atoms with E-state index in [0.717, 1.165) is 25.7 Å². The lowest BCUT2D eigenvalue weighted by molar-refractivity contribution is 0.0655. The van der Waals surface area contributed by atoms with Crippen molar-refractivity contribution >= 4 is 0 Å². The summed E-state index contributed by atoms with van der Waals surface area (Å²) in [6.45, 7) is 2.20. The van der Waals surface area contributed by atoms with E-state index in [0.29, 0.717) is 17.2 Å². The van der Waals surface area contributed by atoms with Crippen LogP contribution in [0, 0.1) is 17.7 Å². The Labute approximate surface area is 114 Å². The lowest BCUT2D eigenvalue weighted by Crippen LogP contribution is -2.21. The first kappa shape index (κ1) is 14.3. The third-order valence-electron chi connectivity index (χ3n) is 4.36. The fourth-order valence-electron chi connectivity index (χ4n) is 3.18. The van der Waals surface area contributed by atoms with E-state index in [1.54, 1.807) is 13.2 Å². The zero-order valence-electron chi connectivity index (χ0n) is 11.7. The van der Waals surface area contributed by atoms with Gasteiger partial charge in [0, 0.05) is 5.56 Å². The van der Waals surface area contributed by atoms with Gasteiger partial charge < -0.3 is 9.84 Å². The Morgan fingerprint density at radius 1 is 1.42 bits per heavy atom. The van der Waals surface area contributed by atoms with E-state index in [4.69, 9.17) is 4.74 Å². The highest BCUT2D eigenvalue weighted by atomic mass is 19.1. The molecule has 0 heterocycles. The summed E-state index contributed by atoms with van der Waals surface area (Å²) in [5, 5.41) is 10.5. The molecule has 1 aliphatic rings. The van der Waals surface area contributed by atoms with Crippen molar-refractivity contribution in [1.82, 2.24) is 0 Å². The summed E-state index contributed by atoms with van der Waals surface area (Å²) in [5.74, 6) is 1.16. The number of methoxy groups -OCH3 is 1. The Hall–Kier alpha value is -1.09. The van der Waals surface area contributed by atoms with Crippen molar-refractivity contribution in [3.05, 3.63) is 29.6 Å². The first-order chi connectivity index (χ1) is 9.15. The molecule has 3 atom stereocenters. The van der Waals surface area contributed by atoms with Crippen molar-refractivity contribution < 1.29 is 14.2 Å². The van der Waals surface area contributed by atoms with Crippen LogP contribution in [0.4, 0.5) is 4.39 Å². The zero-order chi connectivity index (χ0) is 13.8. The second-order valence-corrected chi connectivity index (χ2v) is 5.53. The summed E-state index contributed by atoms with van der Waals surface area (Å²) in [6.07, 6.45) is 4.97. The minimum atomic E-state index is -0.625. The van der Waals surface area contributed by atoms with E-state index < -0.39 is 6.10 Å². The molecule has 19 heavy (non-hydrogen) atoms. The van der Waals surface area contributed by atoms with E-state index in [1.807, 2.05) is 0 Å². The average Bonchev–Trinajstić information content (AvgIpc) is 2.46. The highest BCUT2D eigenvalue weighted by Crippen LogP contribution is 2.40. The highest BCUT2D eigenvalue weighted by Gasteiger charge is 2.29. The van der Waals surface area contributed by atoms with Gasteiger partial charge in [-0.3, -0.25) is 0 Å². The summed E-state index contributed by atoms with van der Waals surface area (Å²) in [6, 6.07) is 4.36. The minimum absolute atomic E-state index is 0.217. The second-order valence-electron chi connectivity index (χ2n) is 5.53. The van der Waals surface area contributed by atoms with Gasteiger partial charge in [0.25, 0.3) is 0 Å². The van der Waals surface area contributed by atoms with Gasteiger partial charge in [0.2, 0.25) is 0 Å². The summed E-state index contributed by atoms with van der Waals surface area (Å²) < 4.78 is 18.6. The topological polar surface area (TPSA) is 29.5 Å². The fraction of sp³-hybridized carbons (Fsp3) is 0.625. The Morgan fingerprint density at radius 2 is 2.21 bits per heavy atom. The molecule has 0 bridgehead atoms. The molecule has 0 amide bonds. The molecule has 1 aromatic rings. The number of halogens is 1. The molecule has 1 saturated carbocycles. The van der Waals surface area contributed by atoms with Crippen molar-refractivity contribution in [3.8, 4) is 5.75 Å². The quantitative estimate of drug-likeness (QED) is 0.889. The van der Waals surface area contributed by atoms with Gasteiger partial charge in [-0.25, -0.2) is 4.39 Å². The molecule has 0 radical (unpaired) electrons. The molecule has 0 saturated heterocycles. The zero-order valence-corrected chi connectivity index (χ0v) is 11.7. The van der Waals surface area contributed by atoms with E-state index in [2.05, 4.69) is 6.92 Å². The van der Waals surface area contributed by atoms with Crippen LogP contribution in [0.15, 0.2) is 18.2 Å². The van der Waals surface area contributed by atoms with Gasteiger partial charge in [-0.2, -0.15) is 0 Å². The van der Waals surface area contributed by atoms with Gasteiger partial charge in [-0.05, 0) is 42.9 Å². The third-order valence-corrected chi connectivity index (χ3v) is 4.36. The van der Waals surface area contributed by atoms with E-state index in [1.165, 1.54) is 18.6 Å². The van der Waals surface area contributed by atoms with Crippen LogP contribution in [0.2, 0.25) is 0 Å². The Morgan fingerprint density at radius 3 is 2.89 bits per heavy atom. The lowest BCUT2D eigenvalue weighted by Gasteiger charge is -2.32. The third kappa shape index (κ3) is 3.27. The molecule has 3 unspecified atom stereocenters. The molecule has 2 rings (SSSR count). The molecule has 1 fully saturated rings. The van der Waals surface area contributed by atoms with Crippen LogP contribution in [-0.2, 0) is 0 Å². The molecule has 3 heteroatoms. The maximum Gasteiger partial charge on any atom is 0.124 e. The van der Waals surface area contributed by atoms with Crippen LogP contribution in [0.3, 0.4) is 0 Å².